The number of fused-ring (bicyclic) bond motifs is 8. The lowest BCUT2D eigenvalue weighted by molar-refractivity contribution is 1.03. The summed E-state index contributed by atoms with van der Waals surface area (Å²) in [6, 6.07) is 51.1. The zero-order valence-electron chi connectivity index (χ0n) is 26.3. The largest absolute Gasteiger partial charge is 0.354 e. The highest BCUT2D eigenvalue weighted by molar-refractivity contribution is 5.97. The van der Waals surface area contributed by atoms with E-state index in [1.165, 1.54) is 0 Å². The second kappa shape index (κ2) is 11.8. The van der Waals surface area contributed by atoms with Gasteiger partial charge in [-0.3, -0.25) is 4.98 Å². The maximum atomic E-state index is 5.46. The molecule has 0 atom stereocenters. The van der Waals surface area contributed by atoms with Crippen molar-refractivity contribution in [3.63, 3.8) is 0 Å². The molecule has 8 bridgehead atoms. The normalized spacial score (nSPS) is 12.3. The van der Waals surface area contributed by atoms with Crippen LogP contribution in [0, 0.1) is 0 Å². The fourth-order valence-corrected chi connectivity index (χ4v) is 7.14. The highest BCUT2D eigenvalue weighted by Gasteiger charge is 2.20. The molecule has 48 heavy (non-hydrogen) atoms. The quantitative estimate of drug-likeness (QED) is 0.207. The predicted octanol–water partition coefficient (Wildman–Crippen LogP) is 10.9. The molecule has 4 heteroatoms. The number of aromatic amines is 2. The van der Waals surface area contributed by atoms with Crippen LogP contribution >= 0.6 is 0 Å². The SMILES string of the molecule is C1=Cc2nc1c(-c1ccccc1)c1ccc([nH]1)c(-c1ccccc1)c1nc(c(-c3ccccc3)c3ccc([nH]3)c2-c2ccccc2)CC1. The van der Waals surface area contributed by atoms with Gasteiger partial charge in [0.2, 0.25) is 0 Å². The summed E-state index contributed by atoms with van der Waals surface area (Å²) in [7, 11) is 0. The van der Waals surface area contributed by atoms with Gasteiger partial charge in [-0.25, -0.2) is 4.98 Å². The molecule has 0 spiro atoms. The van der Waals surface area contributed by atoms with E-state index in [1.807, 2.05) is 0 Å². The molecule has 2 aliphatic rings. The Labute approximate surface area is 279 Å². The van der Waals surface area contributed by atoms with Crippen LogP contribution in [0.2, 0.25) is 0 Å². The van der Waals surface area contributed by atoms with Gasteiger partial charge in [0, 0.05) is 44.3 Å². The molecule has 2 aliphatic heterocycles. The summed E-state index contributed by atoms with van der Waals surface area (Å²) in [5, 5.41) is 0. The molecule has 0 amide bonds. The number of benzene rings is 4. The molecule has 4 aromatic carbocycles. The topological polar surface area (TPSA) is 57.4 Å². The predicted molar refractivity (Wildman–Crippen MR) is 199 cm³/mol. The summed E-state index contributed by atoms with van der Waals surface area (Å²) >= 11 is 0. The van der Waals surface area contributed by atoms with E-state index in [0.29, 0.717) is 0 Å². The van der Waals surface area contributed by atoms with Gasteiger partial charge < -0.3 is 9.97 Å². The van der Waals surface area contributed by atoms with Crippen LogP contribution in [0.1, 0.15) is 22.8 Å². The van der Waals surface area contributed by atoms with Gasteiger partial charge in [0.25, 0.3) is 0 Å². The maximum Gasteiger partial charge on any atom is 0.0737 e. The molecule has 0 radical (unpaired) electrons. The van der Waals surface area contributed by atoms with Crippen molar-refractivity contribution in [1.29, 1.82) is 0 Å². The molecule has 5 heterocycles. The Morgan fingerprint density at radius 1 is 0.333 bits per heavy atom. The standard InChI is InChI=1S/C44H32N4/c1-5-13-29(14-6-1)41-33-21-23-35(45-33)42(30-15-7-2-8-16-30)37-25-27-39(47-37)44(32-19-11-4-12-20-32)40-28-26-38(48-40)43(31-17-9-3-10-18-31)36-24-22-34(41)46-36/h1-25,27,46-47H,26,28H2. The molecule has 0 unspecified atom stereocenters. The Balaban J connectivity index is 1.48. The van der Waals surface area contributed by atoms with E-state index in [4.69, 9.17) is 9.97 Å². The number of H-pyrrole nitrogens is 2. The van der Waals surface area contributed by atoms with Crippen molar-refractivity contribution >= 4 is 34.2 Å². The smallest absolute Gasteiger partial charge is 0.0737 e. The number of hydrogen-bond donors (Lipinski definition) is 2. The molecule has 4 nitrogen and oxygen atoms in total. The molecule has 0 aliphatic carbocycles. The van der Waals surface area contributed by atoms with E-state index in [2.05, 4.69) is 168 Å². The van der Waals surface area contributed by atoms with Crippen LogP contribution in [-0.2, 0) is 12.8 Å². The Morgan fingerprint density at radius 2 is 0.646 bits per heavy atom. The van der Waals surface area contributed by atoms with Crippen molar-refractivity contribution in [2.45, 2.75) is 12.8 Å². The third-order valence-corrected chi connectivity index (χ3v) is 9.30. The minimum atomic E-state index is 0.849. The highest BCUT2D eigenvalue weighted by Crippen LogP contribution is 2.38. The van der Waals surface area contributed by atoms with E-state index in [0.717, 1.165) is 102 Å². The van der Waals surface area contributed by atoms with Gasteiger partial charge in [-0.1, -0.05) is 121 Å². The van der Waals surface area contributed by atoms with Crippen LogP contribution < -0.4 is 0 Å². The molecule has 3 aromatic heterocycles. The van der Waals surface area contributed by atoms with Crippen LogP contribution in [-0.4, -0.2) is 19.9 Å². The lowest BCUT2D eigenvalue weighted by Crippen LogP contribution is -1.89. The Bertz CT molecular complexity index is 2300. The van der Waals surface area contributed by atoms with Gasteiger partial charge in [0.15, 0.2) is 0 Å². The fraction of sp³-hybridized carbons (Fsp3) is 0.0455. The second-order valence-corrected chi connectivity index (χ2v) is 12.3. The van der Waals surface area contributed by atoms with Crippen molar-refractivity contribution in [2.24, 2.45) is 0 Å². The highest BCUT2D eigenvalue weighted by atomic mass is 14.8. The van der Waals surface area contributed by atoms with Crippen molar-refractivity contribution < 1.29 is 0 Å². The first-order valence-electron chi connectivity index (χ1n) is 16.5. The van der Waals surface area contributed by atoms with Crippen molar-refractivity contribution in [2.75, 3.05) is 0 Å². The Hall–Kier alpha value is -6.26. The molecule has 2 N–H and O–H groups in total. The molecular formula is C44H32N4. The molecule has 0 fully saturated rings. The minimum Gasteiger partial charge on any atom is -0.354 e. The van der Waals surface area contributed by atoms with Gasteiger partial charge in [0.1, 0.15) is 0 Å². The average Bonchev–Trinajstić information content (AvgIpc) is 3.98. The van der Waals surface area contributed by atoms with E-state index < -0.39 is 0 Å². The molecular weight excluding hydrogens is 585 g/mol. The number of nitrogens with one attached hydrogen (secondary N) is 2. The summed E-state index contributed by atoms with van der Waals surface area (Å²) in [6.07, 6.45) is 5.99. The summed E-state index contributed by atoms with van der Waals surface area (Å²) < 4.78 is 0. The summed E-state index contributed by atoms with van der Waals surface area (Å²) in [5.74, 6) is 0. The van der Waals surface area contributed by atoms with Crippen molar-refractivity contribution in [3.8, 4) is 44.5 Å². The first-order chi connectivity index (χ1) is 23.8. The van der Waals surface area contributed by atoms with Crippen LogP contribution in [0.3, 0.4) is 0 Å². The summed E-state index contributed by atoms with van der Waals surface area (Å²) in [5.41, 5.74) is 17.0. The number of aryl methyl sites for hydroxylation is 2. The van der Waals surface area contributed by atoms with Gasteiger partial charge in [-0.15, -0.1) is 0 Å². The Morgan fingerprint density at radius 3 is 1.00 bits per heavy atom. The van der Waals surface area contributed by atoms with E-state index in [9.17, 15) is 0 Å². The Kier molecular flexibility index (Phi) is 6.90. The molecule has 0 saturated heterocycles. The van der Waals surface area contributed by atoms with E-state index >= 15 is 0 Å². The molecule has 0 saturated carbocycles. The van der Waals surface area contributed by atoms with Gasteiger partial charge >= 0.3 is 0 Å². The monoisotopic (exact) mass is 616 g/mol. The van der Waals surface area contributed by atoms with E-state index in [1.54, 1.807) is 0 Å². The zero-order chi connectivity index (χ0) is 31.9. The van der Waals surface area contributed by atoms with Gasteiger partial charge in [-0.2, -0.15) is 0 Å². The second-order valence-electron chi connectivity index (χ2n) is 12.3. The number of hydrogen-bond acceptors (Lipinski definition) is 2. The lowest BCUT2D eigenvalue weighted by Gasteiger charge is -2.06. The average molecular weight is 617 g/mol. The minimum absolute atomic E-state index is 0.849. The maximum absolute atomic E-state index is 5.46. The van der Waals surface area contributed by atoms with Crippen LogP contribution in [0.5, 0.6) is 0 Å². The van der Waals surface area contributed by atoms with E-state index in [-0.39, 0.29) is 0 Å². The first kappa shape index (κ1) is 28.0. The molecule has 9 rings (SSSR count). The van der Waals surface area contributed by atoms with Crippen molar-refractivity contribution in [1.82, 2.24) is 19.9 Å². The zero-order valence-corrected chi connectivity index (χ0v) is 26.3. The lowest BCUT2D eigenvalue weighted by atomic mass is 10.0. The molecule has 7 aromatic rings. The third-order valence-electron chi connectivity index (χ3n) is 9.30. The summed E-state index contributed by atoms with van der Waals surface area (Å²) in [4.78, 5) is 18.5. The van der Waals surface area contributed by atoms with Gasteiger partial charge in [0.05, 0.1) is 22.8 Å². The number of aromatic nitrogens is 4. The van der Waals surface area contributed by atoms with Crippen molar-refractivity contribution in [3.05, 3.63) is 168 Å². The summed E-state index contributed by atoms with van der Waals surface area (Å²) in [6.45, 7) is 0. The van der Waals surface area contributed by atoms with Crippen LogP contribution in [0.4, 0.5) is 0 Å². The first-order valence-corrected chi connectivity index (χ1v) is 16.5. The van der Waals surface area contributed by atoms with Gasteiger partial charge in [-0.05, 0) is 71.5 Å². The van der Waals surface area contributed by atoms with Crippen LogP contribution in [0.25, 0.3) is 78.7 Å². The molecule has 228 valence electrons. The van der Waals surface area contributed by atoms with Crippen LogP contribution in [0.15, 0.2) is 146 Å². The third kappa shape index (κ3) is 4.95. The number of rotatable bonds is 4. The fourth-order valence-electron chi connectivity index (χ4n) is 7.14. The number of nitrogens with zero attached hydrogens (tertiary/aromatic N) is 2.